The molecule has 6 heteroatoms. The summed E-state index contributed by atoms with van der Waals surface area (Å²) in [7, 11) is 0. The second-order valence-corrected chi connectivity index (χ2v) is 5.53. The Kier molecular flexibility index (Phi) is 3.92. The molecule has 2 heterocycles. The maximum atomic E-state index is 13.9. The molecule has 0 spiro atoms. The van der Waals surface area contributed by atoms with Gasteiger partial charge in [-0.25, -0.2) is 4.39 Å². The number of aromatic nitrogens is 2. The lowest BCUT2D eigenvalue weighted by molar-refractivity contribution is 0.0717. The van der Waals surface area contributed by atoms with E-state index in [2.05, 4.69) is 5.10 Å². The molecule has 0 bridgehead atoms. The van der Waals surface area contributed by atoms with E-state index >= 15 is 0 Å². The van der Waals surface area contributed by atoms with Crippen LogP contribution in [0, 0.1) is 5.82 Å². The molecule has 110 valence electrons. The van der Waals surface area contributed by atoms with Crippen LogP contribution in [-0.2, 0) is 6.54 Å². The van der Waals surface area contributed by atoms with Crippen LogP contribution in [0.1, 0.15) is 23.2 Å². The maximum Gasteiger partial charge on any atom is 0.258 e. The van der Waals surface area contributed by atoms with Gasteiger partial charge < -0.3 is 4.90 Å². The standard InChI is InChI=1S/C15H15ClFN3O/c16-12-5-1-6-13(17)14(12)15(21)20-9-2-4-11(20)10-19-8-3-7-18-19/h1,3,5-8,11H,2,4,9-10H2/t11-/m0/s1. The SMILES string of the molecule is O=C(c1c(F)cccc1Cl)N1CCC[C@H]1Cn1cccn1. The molecule has 3 rings (SSSR count). The van der Waals surface area contributed by atoms with Crippen molar-refractivity contribution in [3.8, 4) is 0 Å². The van der Waals surface area contributed by atoms with Gasteiger partial charge in [0, 0.05) is 18.9 Å². The number of amides is 1. The molecule has 1 atom stereocenters. The van der Waals surface area contributed by atoms with Crippen LogP contribution in [0.5, 0.6) is 0 Å². The minimum Gasteiger partial charge on any atom is -0.334 e. The van der Waals surface area contributed by atoms with E-state index in [9.17, 15) is 9.18 Å². The Balaban J connectivity index is 1.83. The van der Waals surface area contributed by atoms with Gasteiger partial charge in [-0.15, -0.1) is 0 Å². The fourth-order valence-corrected chi connectivity index (χ4v) is 3.01. The third-order valence-electron chi connectivity index (χ3n) is 3.77. The summed E-state index contributed by atoms with van der Waals surface area (Å²) in [5.74, 6) is -0.912. The lowest BCUT2D eigenvalue weighted by Gasteiger charge is -2.25. The molecule has 0 radical (unpaired) electrons. The second kappa shape index (κ2) is 5.85. The van der Waals surface area contributed by atoms with E-state index in [1.54, 1.807) is 15.8 Å². The van der Waals surface area contributed by atoms with E-state index in [1.807, 2.05) is 12.3 Å². The van der Waals surface area contributed by atoms with Crippen molar-refractivity contribution in [1.29, 1.82) is 0 Å². The molecule has 1 aromatic carbocycles. The van der Waals surface area contributed by atoms with Crippen LogP contribution < -0.4 is 0 Å². The Morgan fingerprint density at radius 2 is 2.29 bits per heavy atom. The minimum atomic E-state index is -0.572. The number of halogens is 2. The molecule has 0 aliphatic carbocycles. The molecular formula is C15H15ClFN3O. The fraction of sp³-hybridized carbons (Fsp3) is 0.333. The van der Waals surface area contributed by atoms with Crippen molar-refractivity contribution in [2.75, 3.05) is 6.54 Å². The summed E-state index contributed by atoms with van der Waals surface area (Å²) in [4.78, 5) is 14.3. The number of hydrogen-bond donors (Lipinski definition) is 0. The molecular weight excluding hydrogens is 293 g/mol. The highest BCUT2D eigenvalue weighted by atomic mass is 35.5. The van der Waals surface area contributed by atoms with Crippen LogP contribution in [0.4, 0.5) is 4.39 Å². The fourth-order valence-electron chi connectivity index (χ4n) is 2.76. The third-order valence-corrected chi connectivity index (χ3v) is 4.09. The number of carbonyl (C=O) groups is 1. The molecule has 0 unspecified atom stereocenters. The number of benzene rings is 1. The number of carbonyl (C=O) groups excluding carboxylic acids is 1. The van der Waals surface area contributed by atoms with Crippen molar-refractivity contribution in [2.45, 2.75) is 25.4 Å². The normalized spacial score (nSPS) is 18.2. The molecule has 1 fully saturated rings. The van der Waals surface area contributed by atoms with Gasteiger partial charge in [-0.05, 0) is 31.0 Å². The zero-order chi connectivity index (χ0) is 14.8. The van der Waals surface area contributed by atoms with Gasteiger partial charge in [-0.3, -0.25) is 9.48 Å². The number of likely N-dealkylation sites (tertiary alicyclic amines) is 1. The lowest BCUT2D eigenvalue weighted by atomic mass is 10.1. The Morgan fingerprint density at radius 3 is 3.00 bits per heavy atom. The Morgan fingerprint density at radius 1 is 1.43 bits per heavy atom. The van der Waals surface area contributed by atoms with Crippen LogP contribution in [0.2, 0.25) is 5.02 Å². The van der Waals surface area contributed by atoms with Gasteiger partial charge in [0.2, 0.25) is 0 Å². The third kappa shape index (κ3) is 2.78. The molecule has 1 aliphatic heterocycles. The summed E-state index contributed by atoms with van der Waals surface area (Å²) < 4.78 is 15.7. The highest BCUT2D eigenvalue weighted by Gasteiger charge is 2.32. The topological polar surface area (TPSA) is 38.1 Å². The summed E-state index contributed by atoms with van der Waals surface area (Å²) >= 11 is 5.99. The van der Waals surface area contributed by atoms with Gasteiger partial charge in [0.25, 0.3) is 5.91 Å². The Hall–Kier alpha value is -1.88. The van der Waals surface area contributed by atoms with Crippen molar-refractivity contribution >= 4 is 17.5 Å². The van der Waals surface area contributed by atoms with Crippen LogP contribution in [-0.4, -0.2) is 33.2 Å². The van der Waals surface area contributed by atoms with Crippen LogP contribution in [0.3, 0.4) is 0 Å². The Bertz CT molecular complexity index is 624. The predicted octanol–water partition coefficient (Wildman–Crippen LogP) is 2.98. The van der Waals surface area contributed by atoms with Gasteiger partial charge in [0.1, 0.15) is 5.82 Å². The van der Waals surface area contributed by atoms with Gasteiger partial charge in [0.15, 0.2) is 0 Å². The maximum absolute atomic E-state index is 13.9. The number of hydrogen-bond acceptors (Lipinski definition) is 2. The van der Waals surface area contributed by atoms with E-state index in [-0.39, 0.29) is 22.5 Å². The van der Waals surface area contributed by atoms with Gasteiger partial charge >= 0.3 is 0 Å². The molecule has 0 N–H and O–H groups in total. The van der Waals surface area contributed by atoms with E-state index < -0.39 is 5.82 Å². The molecule has 1 amide bonds. The first-order valence-electron chi connectivity index (χ1n) is 6.89. The quantitative estimate of drug-likeness (QED) is 0.874. The molecule has 1 aromatic heterocycles. The van der Waals surface area contributed by atoms with Crippen molar-refractivity contribution in [3.63, 3.8) is 0 Å². The van der Waals surface area contributed by atoms with Crippen LogP contribution in [0.15, 0.2) is 36.7 Å². The average Bonchev–Trinajstić information content (AvgIpc) is 3.10. The highest BCUT2D eigenvalue weighted by molar-refractivity contribution is 6.33. The highest BCUT2D eigenvalue weighted by Crippen LogP contribution is 2.26. The molecule has 4 nitrogen and oxygen atoms in total. The summed E-state index contributed by atoms with van der Waals surface area (Å²) in [6.07, 6.45) is 5.35. The lowest BCUT2D eigenvalue weighted by Crippen LogP contribution is -2.38. The van der Waals surface area contributed by atoms with E-state index in [0.29, 0.717) is 13.1 Å². The molecule has 2 aromatic rings. The number of rotatable bonds is 3. The summed E-state index contributed by atoms with van der Waals surface area (Å²) in [6, 6.07) is 6.16. The monoisotopic (exact) mass is 307 g/mol. The van der Waals surface area contributed by atoms with Gasteiger partial charge in [0.05, 0.1) is 23.2 Å². The number of nitrogens with zero attached hydrogens (tertiary/aromatic N) is 3. The van der Waals surface area contributed by atoms with Crippen molar-refractivity contribution < 1.29 is 9.18 Å². The van der Waals surface area contributed by atoms with Crippen molar-refractivity contribution in [3.05, 3.63) is 53.1 Å². The largest absolute Gasteiger partial charge is 0.334 e. The first-order valence-corrected chi connectivity index (χ1v) is 7.27. The van der Waals surface area contributed by atoms with Crippen LogP contribution in [0.25, 0.3) is 0 Å². The van der Waals surface area contributed by atoms with E-state index in [1.165, 1.54) is 18.2 Å². The van der Waals surface area contributed by atoms with E-state index in [4.69, 9.17) is 11.6 Å². The summed E-state index contributed by atoms with van der Waals surface area (Å²) in [6.45, 7) is 1.24. The van der Waals surface area contributed by atoms with Crippen LogP contribution >= 0.6 is 11.6 Å². The zero-order valence-electron chi connectivity index (χ0n) is 11.4. The second-order valence-electron chi connectivity index (χ2n) is 5.12. The zero-order valence-corrected chi connectivity index (χ0v) is 12.1. The van der Waals surface area contributed by atoms with Gasteiger partial charge in [-0.2, -0.15) is 5.10 Å². The summed E-state index contributed by atoms with van der Waals surface area (Å²) in [5.41, 5.74) is -0.0356. The van der Waals surface area contributed by atoms with Gasteiger partial charge in [-0.1, -0.05) is 17.7 Å². The van der Waals surface area contributed by atoms with Crippen molar-refractivity contribution in [1.82, 2.24) is 14.7 Å². The van der Waals surface area contributed by atoms with E-state index in [0.717, 1.165) is 12.8 Å². The Labute approximate surface area is 127 Å². The minimum absolute atomic E-state index is 0.0214. The summed E-state index contributed by atoms with van der Waals surface area (Å²) in [5, 5.41) is 4.32. The molecule has 1 aliphatic rings. The first-order chi connectivity index (χ1) is 10.2. The smallest absolute Gasteiger partial charge is 0.258 e. The average molecular weight is 308 g/mol. The predicted molar refractivity (Wildman–Crippen MR) is 77.7 cm³/mol. The molecule has 21 heavy (non-hydrogen) atoms. The van der Waals surface area contributed by atoms with Crippen molar-refractivity contribution in [2.24, 2.45) is 0 Å². The molecule has 0 saturated carbocycles. The first kappa shape index (κ1) is 14.1. The molecule has 1 saturated heterocycles.